The molecule has 1 heterocycles. The summed E-state index contributed by atoms with van der Waals surface area (Å²) in [6.07, 6.45) is 1.13. The fourth-order valence-electron chi connectivity index (χ4n) is 3.99. The predicted molar refractivity (Wildman–Crippen MR) is 135 cm³/mol. The molecular weight excluding hydrogens is 512 g/mol. The first-order valence-corrected chi connectivity index (χ1v) is 16.3. The van der Waals surface area contributed by atoms with E-state index in [-0.39, 0.29) is 27.9 Å². The Labute approximate surface area is 212 Å². The van der Waals surface area contributed by atoms with Crippen molar-refractivity contribution in [3.63, 3.8) is 0 Å². The minimum atomic E-state index is -4.21. The zero-order valence-electron chi connectivity index (χ0n) is 20.6. The molecule has 2 atom stereocenters. The van der Waals surface area contributed by atoms with E-state index in [9.17, 15) is 22.0 Å². The first-order valence-electron chi connectivity index (χ1n) is 11.6. The molecule has 0 aliphatic carbocycles. The zero-order chi connectivity index (χ0) is 26.2. The Morgan fingerprint density at radius 3 is 2.20 bits per heavy atom. The molecule has 1 saturated heterocycles. The van der Waals surface area contributed by atoms with Gasteiger partial charge in [0.25, 0.3) is 0 Å². The van der Waals surface area contributed by atoms with Crippen molar-refractivity contribution in [1.29, 1.82) is 0 Å². The minimum Gasteiger partial charge on any atom is -0.409 e. The highest BCUT2D eigenvalue weighted by Crippen LogP contribution is 2.41. The van der Waals surface area contributed by atoms with E-state index >= 15 is 0 Å². The van der Waals surface area contributed by atoms with Crippen LogP contribution >= 0.6 is 11.6 Å². The van der Waals surface area contributed by atoms with Crippen LogP contribution in [0.25, 0.3) is 0 Å². The van der Waals surface area contributed by atoms with Gasteiger partial charge >= 0.3 is 0 Å². The third kappa shape index (κ3) is 6.19. The van der Waals surface area contributed by atoms with Gasteiger partial charge in [0.1, 0.15) is 11.6 Å². The van der Waals surface area contributed by atoms with Crippen LogP contribution < -0.4 is 0 Å². The van der Waals surface area contributed by atoms with Crippen LogP contribution in [0.1, 0.15) is 51.6 Å². The predicted octanol–water partition coefficient (Wildman–Crippen LogP) is 6.49. The second kappa shape index (κ2) is 10.4. The Bertz CT molecular complexity index is 1160. The Balaban J connectivity index is 2.04. The van der Waals surface area contributed by atoms with E-state index in [0.29, 0.717) is 24.3 Å². The molecule has 0 unspecified atom stereocenters. The van der Waals surface area contributed by atoms with Crippen molar-refractivity contribution in [2.45, 2.75) is 75.1 Å². The molecule has 0 bridgehead atoms. The van der Waals surface area contributed by atoms with Crippen molar-refractivity contribution in [2.75, 3.05) is 6.61 Å². The van der Waals surface area contributed by atoms with Crippen LogP contribution in [0.3, 0.4) is 0 Å². The van der Waals surface area contributed by atoms with Crippen LogP contribution in [-0.2, 0) is 19.2 Å². The second-order valence-electron chi connectivity index (χ2n) is 10.5. The van der Waals surface area contributed by atoms with Crippen LogP contribution in [0.15, 0.2) is 47.4 Å². The molecule has 0 N–H and O–H groups in total. The van der Waals surface area contributed by atoms with Gasteiger partial charge < -0.3 is 4.43 Å². The number of benzene rings is 2. The molecule has 0 radical (unpaired) electrons. The molecular formula is C25H32ClF2NO4SSi. The van der Waals surface area contributed by atoms with E-state index in [1.807, 2.05) is 13.1 Å². The molecule has 1 aliphatic heterocycles. The average Bonchev–Trinajstić information content (AvgIpc) is 2.76. The molecule has 1 fully saturated rings. The number of sulfonamides is 1. The third-order valence-electron chi connectivity index (χ3n) is 6.98. The molecule has 0 amide bonds. The van der Waals surface area contributed by atoms with Gasteiger partial charge in [0.05, 0.1) is 23.6 Å². The van der Waals surface area contributed by atoms with Gasteiger partial charge in [-0.1, -0.05) is 32.4 Å². The summed E-state index contributed by atoms with van der Waals surface area (Å²) < 4.78 is 63.1. The van der Waals surface area contributed by atoms with Crippen LogP contribution in [0, 0.1) is 11.6 Å². The number of halogens is 3. The topological polar surface area (TPSA) is 63.7 Å². The van der Waals surface area contributed by atoms with E-state index in [1.54, 1.807) is 0 Å². The molecule has 0 aromatic heterocycles. The number of ketones is 1. The average molecular weight is 544 g/mol. The zero-order valence-corrected chi connectivity index (χ0v) is 23.2. The lowest BCUT2D eigenvalue weighted by atomic mass is 9.91. The summed E-state index contributed by atoms with van der Waals surface area (Å²) >= 11 is 5.95. The maximum atomic E-state index is 14.1. The van der Waals surface area contributed by atoms with Gasteiger partial charge in [0.15, 0.2) is 14.1 Å². The molecule has 35 heavy (non-hydrogen) atoms. The maximum Gasteiger partial charge on any atom is 0.244 e. The fourth-order valence-corrected chi connectivity index (χ4v) is 6.89. The minimum absolute atomic E-state index is 0.0474. The fraction of sp³-hybridized carbons (Fsp3) is 0.480. The molecule has 192 valence electrons. The number of Topliss-reactive ketones (excluding diaryl/α,β-unsaturated/α-hetero) is 1. The van der Waals surface area contributed by atoms with Crippen LogP contribution in [0.2, 0.25) is 23.2 Å². The number of piperidine rings is 1. The van der Waals surface area contributed by atoms with Gasteiger partial charge in [-0.25, -0.2) is 17.2 Å². The number of nitrogens with zero attached hydrogens (tertiary/aromatic N) is 1. The summed E-state index contributed by atoms with van der Waals surface area (Å²) in [6, 6.07) is 6.68. The number of carbonyl (C=O) groups is 1. The van der Waals surface area contributed by atoms with Crippen LogP contribution in [0.4, 0.5) is 8.78 Å². The van der Waals surface area contributed by atoms with Crippen molar-refractivity contribution in [2.24, 2.45) is 0 Å². The summed E-state index contributed by atoms with van der Waals surface area (Å²) in [6.45, 7) is 9.96. The lowest BCUT2D eigenvalue weighted by molar-refractivity contribution is -0.126. The summed E-state index contributed by atoms with van der Waals surface area (Å²) in [4.78, 5) is 13.4. The van der Waals surface area contributed by atoms with Gasteiger partial charge in [-0.2, -0.15) is 4.31 Å². The van der Waals surface area contributed by atoms with Gasteiger partial charge in [-0.3, -0.25) is 4.79 Å². The molecule has 3 rings (SSSR count). The highest BCUT2D eigenvalue weighted by atomic mass is 35.5. The summed E-state index contributed by atoms with van der Waals surface area (Å²) in [7, 11) is -6.48. The lowest BCUT2D eigenvalue weighted by Gasteiger charge is -2.41. The summed E-state index contributed by atoms with van der Waals surface area (Å²) in [5.41, 5.74) is 0.169. The molecule has 2 aromatic rings. The SMILES string of the molecule is CC(C)(C)[Si](C)(C)OCC(=O)[C@@H]1CCC[C@H](c2cc(F)cc(F)c2)N1S(=O)(=O)c1ccc(Cl)cc1. The lowest BCUT2D eigenvalue weighted by Crippen LogP contribution is -2.51. The van der Waals surface area contributed by atoms with Crippen molar-refractivity contribution in [3.8, 4) is 0 Å². The van der Waals surface area contributed by atoms with E-state index in [4.69, 9.17) is 16.0 Å². The van der Waals surface area contributed by atoms with Crippen LogP contribution in [-0.4, -0.2) is 39.5 Å². The highest BCUT2D eigenvalue weighted by Gasteiger charge is 2.45. The Morgan fingerprint density at radius 2 is 1.66 bits per heavy atom. The first kappa shape index (κ1) is 27.9. The Morgan fingerprint density at radius 1 is 1.09 bits per heavy atom. The van der Waals surface area contributed by atoms with E-state index in [2.05, 4.69) is 20.8 Å². The standard InChI is InChI=1S/C25H32ClF2NO4SSi/c1-25(2,3)35(4,5)33-16-24(30)23-8-6-7-22(17-13-19(27)15-20(28)14-17)29(23)34(31,32)21-11-9-18(26)10-12-21/h9-15,22-23H,6-8,16H2,1-5H3/t22-,23+/m1/s1. The number of hydrogen-bond acceptors (Lipinski definition) is 4. The number of carbonyl (C=O) groups excluding carboxylic acids is 1. The van der Waals surface area contributed by atoms with Gasteiger partial charge in [-0.15, -0.1) is 0 Å². The van der Waals surface area contributed by atoms with Gasteiger partial charge in [0.2, 0.25) is 10.0 Å². The molecule has 0 saturated carbocycles. The summed E-state index contributed by atoms with van der Waals surface area (Å²) in [5.74, 6) is -1.98. The van der Waals surface area contributed by atoms with E-state index in [0.717, 1.165) is 22.5 Å². The Kier molecular flexibility index (Phi) is 8.28. The van der Waals surface area contributed by atoms with Crippen LogP contribution in [0.5, 0.6) is 0 Å². The maximum absolute atomic E-state index is 14.1. The smallest absolute Gasteiger partial charge is 0.244 e. The van der Waals surface area contributed by atoms with E-state index < -0.39 is 42.1 Å². The number of rotatable bonds is 7. The van der Waals surface area contributed by atoms with Gasteiger partial charge in [-0.05, 0) is 79.4 Å². The highest BCUT2D eigenvalue weighted by molar-refractivity contribution is 7.89. The molecule has 2 aromatic carbocycles. The first-order chi connectivity index (χ1) is 16.1. The largest absolute Gasteiger partial charge is 0.409 e. The molecule has 0 spiro atoms. The third-order valence-corrected chi connectivity index (χ3v) is 13.6. The summed E-state index contributed by atoms with van der Waals surface area (Å²) in [5, 5.41) is 0.234. The molecule has 5 nitrogen and oxygen atoms in total. The normalized spacial score (nSPS) is 20.1. The monoisotopic (exact) mass is 543 g/mol. The van der Waals surface area contributed by atoms with Crippen molar-refractivity contribution >= 4 is 35.7 Å². The molecule has 10 heteroatoms. The van der Waals surface area contributed by atoms with Crippen molar-refractivity contribution < 1.29 is 26.4 Å². The van der Waals surface area contributed by atoms with Crippen molar-refractivity contribution in [3.05, 3.63) is 64.7 Å². The van der Waals surface area contributed by atoms with E-state index in [1.165, 1.54) is 24.3 Å². The molecule has 1 aliphatic rings. The van der Waals surface area contributed by atoms with Gasteiger partial charge in [0, 0.05) is 11.1 Å². The second-order valence-corrected chi connectivity index (χ2v) is 17.6. The quantitative estimate of drug-likeness (QED) is 0.374. The number of hydrogen-bond donors (Lipinski definition) is 0. The Hall–Kier alpha value is -1.65. The van der Waals surface area contributed by atoms with Crippen molar-refractivity contribution in [1.82, 2.24) is 4.31 Å².